The highest BCUT2D eigenvalue weighted by atomic mass is 16.5. The number of nitrogens with one attached hydrogen (secondary N) is 1. The number of rotatable bonds is 5. The number of ether oxygens (including phenoxy) is 1. The van der Waals surface area contributed by atoms with Gasteiger partial charge in [0.05, 0.1) is 12.3 Å². The number of carbonyl (C=O) groups is 1. The first kappa shape index (κ1) is 12.9. The zero-order valence-electron chi connectivity index (χ0n) is 9.75. The minimum atomic E-state index is -0.755. The van der Waals surface area contributed by atoms with Gasteiger partial charge < -0.3 is 10.1 Å². The molecule has 0 saturated carbocycles. The highest BCUT2D eigenvalue weighted by Gasteiger charge is 2.12. The summed E-state index contributed by atoms with van der Waals surface area (Å²) in [7, 11) is 0. The van der Waals surface area contributed by atoms with Crippen LogP contribution in [0.3, 0.4) is 0 Å². The molecule has 0 heterocycles. The van der Waals surface area contributed by atoms with Crippen LogP contribution in [-0.4, -0.2) is 18.6 Å². The molecule has 0 bridgehead atoms. The molecule has 6 nitrogen and oxygen atoms in total. The van der Waals surface area contributed by atoms with Crippen molar-refractivity contribution in [2.24, 2.45) is 5.11 Å². The third-order valence-corrected chi connectivity index (χ3v) is 2.05. The Morgan fingerprint density at radius 1 is 1.59 bits per heavy atom. The molecule has 0 fully saturated rings. The third kappa shape index (κ3) is 3.70. The maximum Gasteiger partial charge on any atom is 0.233 e. The maximum atomic E-state index is 11.6. The first-order valence-electron chi connectivity index (χ1n) is 5.26. The van der Waals surface area contributed by atoms with Crippen LogP contribution in [0, 0.1) is 0 Å². The zero-order valence-corrected chi connectivity index (χ0v) is 9.75. The summed E-state index contributed by atoms with van der Waals surface area (Å²) in [4.78, 5) is 14.2. The fourth-order valence-corrected chi connectivity index (χ4v) is 1.22. The summed E-state index contributed by atoms with van der Waals surface area (Å²) in [5.41, 5.74) is 8.81. The standard InChI is InChI=1S/C11H14N4O2/c1-3-17-10-7-5-4-6-9(10)13-11(16)8(2)14-15-12/h4-8H,3H2,1-2H3,(H,13,16). The lowest BCUT2D eigenvalue weighted by Gasteiger charge is -2.12. The SMILES string of the molecule is CCOc1ccccc1NC(=O)C(C)N=[N+]=[N-]. The van der Waals surface area contributed by atoms with Crippen molar-refractivity contribution in [2.75, 3.05) is 11.9 Å². The van der Waals surface area contributed by atoms with Crippen molar-refractivity contribution in [3.05, 3.63) is 34.7 Å². The molecule has 1 atom stereocenters. The van der Waals surface area contributed by atoms with Gasteiger partial charge in [-0.2, -0.15) is 0 Å². The Labute approximate surface area is 99.2 Å². The molecule has 1 unspecified atom stereocenters. The number of benzene rings is 1. The Bertz CT molecular complexity index is 441. The van der Waals surface area contributed by atoms with Gasteiger partial charge in [0.15, 0.2) is 0 Å². The molecule has 0 radical (unpaired) electrons. The number of nitrogens with zero attached hydrogens (tertiary/aromatic N) is 3. The van der Waals surface area contributed by atoms with Gasteiger partial charge in [-0.15, -0.1) is 0 Å². The Morgan fingerprint density at radius 2 is 2.29 bits per heavy atom. The molecule has 1 aromatic rings. The van der Waals surface area contributed by atoms with Crippen molar-refractivity contribution >= 4 is 11.6 Å². The number of anilines is 1. The van der Waals surface area contributed by atoms with E-state index in [1.54, 1.807) is 18.2 Å². The highest BCUT2D eigenvalue weighted by Crippen LogP contribution is 2.23. The fraction of sp³-hybridized carbons (Fsp3) is 0.364. The van der Waals surface area contributed by atoms with E-state index < -0.39 is 6.04 Å². The van der Waals surface area contributed by atoms with Gasteiger partial charge in [-0.25, -0.2) is 0 Å². The molecule has 0 spiro atoms. The van der Waals surface area contributed by atoms with Crippen molar-refractivity contribution in [3.8, 4) is 5.75 Å². The Hall–Kier alpha value is -2.20. The van der Waals surface area contributed by atoms with Crippen LogP contribution in [0.15, 0.2) is 29.4 Å². The Morgan fingerprint density at radius 3 is 2.94 bits per heavy atom. The van der Waals surface area contributed by atoms with Crippen LogP contribution in [0.5, 0.6) is 5.75 Å². The van der Waals surface area contributed by atoms with Crippen LogP contribution >= 0.6 is 0 Å². The van der Waals surface area contributed by atoms with Crippen molar-refractivity contribution in [2.45, 2.75) is 19.9 Å². The second-order valence-electron chi connectivity index (χ2n) is 3.30. The summed E-state index contributed by atoms with van der Waals surface area (Å²) in [6.45, 7) is 3.90. The Kier molecular flexibility index (Phi) is 4.84. The van der Waals surface area contributed by atoms with Gasteiger partial charge in [-0.1, -0.05) is 17.2 Å². The predicted molar refractivity (Wildman–Crippen MR) is 64.8 cm³/mol. The molecule has 0 aliphatic heterocycles. The van der Waals surface area contributed by atoms with E-state index in [2.05, 4.69) is 15.3 Å². The van der Waals surface area contributed by atoms with Gasteiger partial charge in [-0.3, -0.25) is 4.79 Å². The summed E-state index contributed by atoms with van der Waals surface area (Å²) in [6, 6.07) is 6.34. The molecule has 17 heavy (non-hydrogen) atoms. The molecule has 1 amide bonds. The predicted octanol–water partition coefficient (Wildman–Crippen LogP) is 2.72. The monoisotopic (exact) mass is 234 g/mol. The molecule has 0 aliphatic carbocycles. The first-order chi connectivity index (χ1) is 8.19. The molecule has 0 aromatic heterocycles. The van der Waals surface area contributed by atoms with Gasteiger partial charge in [0.1, 0.15) is 11.8 Å². The summed E-state index contributed by atoms with van der Waals surface area (Å²) >= 11 is 0. The van der Waals surface area contributed by atoms with E-state index in [1.165, 1.54) is 6.92 Å². The average molecular weight is 234 g/mol. The van der Waals surface area contributed by atoms with E-state index in [0.29, 0.717) is 18.0 Å². The summed E-state index contributed by atoms with van der Waals surface area (Å²) < 4.78 is 5.36. The number of hydrogen-bond donors (Lipinski definition) is 1. The van der Waals surface area contributed by atoms with Crippen LogP contribution in [0.1, 0.15) is 13.8 Å². The van der Waals surface area contributed by atoms with Crippen LogP contribution in [-0.2, 0) is 4.79 Å². The first-order valence-corrected chi connectivity index (χ1v) is 5.26. The zero-order chi connectivity index (χ0) is 12.7. The van der Waals surface area contributed by atoms with Gasteiger partial charge in [0, 0.05) is 4.91 Å². The lowest BCUT2D eigenvalue weighted by Crippen LogP contribution is -2.23. The summed E-state index contributed by atoms with van der Waals surface area (Å²) in [5.74, 6) is 0.228. The highest BCUT2D eigenvalue weighted by molar-refractivity contribution is 5.95. The van der Waals surface area contributed by atoms with Crippen LogP contribution in [0.25, 0.3) is 10.4 Å². The van der Waals surface area contributed by atoms with E-state index in [9.17, 15) is 4.79 Å². The number of para-hydroxylation sites is 2. The van der Waals surface area contributed by atoms with Crippen molar-refractivity contribution < 1.29 is 9.53 Å². The molecular formula is C11H14N4O2. The maximum absolute atomic E-state index is 11.6. The van der Waals surface area contributed by atoms with Gasteiger partial charge in [-0.05, 0) is 31.5 Å². The topological polar surface area (TPSA) is 87.1 Å². The van der Waals surface area contributed by atoms with Crippen LogP contribution in [0.4, 0.5) is 5.69 Å². The van der Waals surface area contributed by atoms with E-state index >= 15 is 0 Å². The fourth-order valence-electron chi connectivity index (χ4n) is 1.22. The Balaban J connectivity index is 2.80. The second kappa shape index (κ2) is 6.40. The molecule has 1 N–H and O–H groups in total. The molecule has 1 rings (SSSR count). The van der Waals surface area contributed by atoms with Crippen molar-refractivity contribution in [1.29, 1.82) is 0 Å². The van der Waals surface area contributed by atoms with E-state index in [0.717, 1.165) is 0 Å². The van der Waals surface area contributed by atoms with Crippen LogP contribution in [0.2, 0.25) is 0 Å². The normalized spacial score (nSPS) is 11.2. The minimum absolute atomic E-state index is 0.366. The molecular weight excluding hydrogens is 220 g/mol. The number of amides is 1. The molecule has 90 valence electrons. The third-order valence-electron chi connectivity index (χ3n) is 2.05. The lowest BCUT2D eigenvalue weighted by atomic mass is 10.2. The van der Waals surface area contributed by atoms with E-state index in [-0.39, 0.29) is 5.91 Å². The van der Waals surface area contributed by atoms with Gasteiger partial charge in [0.2, 0.25) is 5.91 Å². The molecule has 1 aromatic carbocycles. The summed E-state index contributed by atoms with van der Waals surface area (Å²) in [5, 5.41) is 5.98. The largest absolute Gasteiger partial charge is 0.492 e. The number of azide groups is 1. The smallest absolute Gasteiger partial charge is 0.233 e. The van der Waals surface area contributed by atoms with Gasteiger partial charge in [0.25, 0.3) is 0 Å². The average Bonchev–Trinajstić information content (AvgIpc) is 2.32. The van der Waals surface area contributed by atoms with E-state index in [1.807, 2.05) is 13.0 Å². The van der Waals surface area contributed by atoms with Gasteiger partial charge >= 0.3 is 0 Å². The number of hydrogen-bond acceptors (Lipinski definition) is 3. The molecule has 0 saturated heterocycles. The second-order valence-corrected chi connectivity index (χ2v) is 3.30. The number of carbonyl (C=O) groups excluding carboxylic acids is 1. The van der Waals surface area contributed by atoms with E-state index in [4.69, 9.17) is 10.3 Å². The quantitative estimate of drug-likeness (QED) is 0.482. The van der Waals surface area contributed by atoms with Crippen molar-refractivity contribution in [1.82, 2.24) is 0 Å². The van der Waals surface area contributed by atoms with Crippen molar-refractivity contribution in [3.63, 3.8) is 0 Å². The minimum Gasteiger partial charge on any atom is -0.492 e. The molecule has 0 aliphatic rings. The lowest BCUT2D eigenvalue weighted by molar-refractivity contribution is -0.117. The molecule has 6 heteroatoms. The summed E-state index contributed by atoms with van der Waals surface area (Å²) in [6.07, 6.45) is 0. The van der Waals surface area contributed by atoms with Crippen LogP contribution < -0.4 is 10.1 Å².